The quantitative estimate of drug-likeness (QED) is 0.784. The zero-order valence-corrected chi connectivity index (χ0v) is 17.6. The third kappa shape index (κ3) is 5.04. The second kappa shape index (κ2) is 10.2. The molecule has 2 aliphatic heterocycles. The molecule has 6 nitrogen and oxygen atoms in total. The van der Waals surface area contributed by atoms with Crippen LogP contribution in [0, 0.1) is 5.41 Å². The number of anilines is 1. The summed E-state index contributed by atoms with van der Waals surface area (Å²) in [6, 6.07) is 7.55. The number of halogens is 1. The lowest BCUT2D eigenvalue weighted by Gasteiger charge is -2.35. The van der Waals surface area contributed by atoms with E-state index in [4.69, 9.17) is 4.74 Å². The smallest absolute Gasteiger partial charge is 0.254 e. The first-order valence-corrected chi connectivity index (χ1v) is 9.98. The van der Waals surface area contributed by atoms with Gasteiger partial charge in [0.25, 0.3) is 5.91 Å². The monoisotopic (exact) mass is 409 g/mol. The van der Waals surface area contributed by atoms with Crippen LogP contribution >= 0.6 is 12.4 Å². The van der Waals surface area contributed by atoms with Gasteiger partial charge in [-0.2, -0.15) is 0 Å². The van der Waals surface area contributed by atoms with Crippen LogP contribution in [0.25, 0.3) is 0 Å². The third-order valence-electron chi connectivity index (χ3n) is 5.92. The standard InChI is InChI=1S/C21H31N3O3.ClH/c1-16-5-3-4-14-24(16)19(25)17-6-8-18(9-7-17)23-20(26)21(15-27-2)10-12-22-13-11-21;/h6-9,16,22H,3-5,10-15H2,1-2H3,(H,23,26);1H. The molecule has 1 aromatic carbocycles. The predicted octanol–water partition coefficient (Wildman–Crippen LogP) is 3.08. The molecule has 0 aromatic heterocycles. The van der Waals surface area contributed by atoms with Crippen molar-refractivity contribution < 1.29 is 14.3 Å². The number of hydrogen-bond donors (Lipinski definition) is 2. The molecule has 28 heavy (non-hydrogen) atoms. The minimum absolute atomic E-state index is 0. The van der Waals surface area contributed by atoms with E-state index < -0.39 is 5.41 Å². The van der Waals surface area contributed by atoms with Crippen molar-refractivity contribution in [2.75, 3.05) is 38.7 Å². The van der Waals surface area contributed by atoms with Gasteiger partial charge in [0.1, 0.15) is 0 Å². The summed E-state index contributed by atoms with van der Waals surface area (Å²) >= 11 is 0. The first-order valence-electron chi connectivity index (χ1n) is 9.98. The van der Waals surface area contributed by atoms with Crippen molar-refractivity contribution in [1.82, 2.24) is 10.2 Å². The molecule has 0 aliphatic carbocycles. The summed E-state index contributed by atoms with van der Waals surface area (Å²) in [4.78, 5) is 27.6. The van der Waals surface area contributed by atoms with Crippen LogP contribution in [0.5, 0.6) is 0 Å². The average molecular weight is 410 g/mol. The van der Waals surface area contributed by atoms with Crippen LogP contribution in [0.15, 0.2) is 24.3 Å². The molecule has 2 heterocycles. The number of nitrogens with zero attached hydrogens (tertiary/aromatic N) is 1. The minimum atomic E-state index is -0.488. The number of likely N-dealkylation sites (tertiary alicyclic amines) is 1. The highest BCUT2D eigenvalue weighted by molar-refractivity contribution is 5.97. The number of hydrogen-bond acceptors (Lipinski definition) is 4. The zero-order chi connectivity index (χ0) is 19.3. The van der Waals surface area contributed by atoms with E-state index in [0.29, 0.717) is 18.2 Å². The van der Waals surface area contributed by atoms with Crippen molar-refractivity contribution >= 4 is 29.9 Å². The number of carbonyl (C=O) groups excluding carboxylic acids is 2. The van der Waals surface area contributed by atoms with Crippen molar-refractivity contribution in [3.8, 4) is 0 Å². The van der Waals surface area contributed by atoms with Crippen LogP contribution in [-0.4, -0.2) is 56.1 Å². The molecule has 1 aromatic rings. The van der Waals surface area contributed by atoms with E-state index in [2.05, 4.69) is 17.6 Å². The van der Waals surface area contributed by atoms with Gasteiger partial charge in [0.2, 0.25) is 5.91 Å². The lowest BCUT2D eigenvalue weighted by atomic mass is 9.78. The van der Waals surface area contributed by atoms with Crippen LogP contribution in [0.3, 0.4) is 0 Å². The maximum absolute atomic E-state index is 12.9. The maximum atomic E-state index is 12.9. The van der Waals surface area contributed by atoms with E-state index in [0.717, 1.165) is 51.0 Å². The fourth-order valence-corrected chi connectivity index (χ4v) is 4.14. The number of rotatable bonds is 5. The van der Waals surface area contributed by atoms with E-state index >= 15 is 0 Å². The number of benzene rings is 1. The van der Waals surface area contributed by atoms with E-state index in [-0.39, 0.29) is 24.2 Å². The Morgan fingerprint density at radius 1 is 1.21 bits per heavy atom. The van der Waals surface area contributed by atoms with Gasteiger partial charge in [-0.05, 0) is 76.4 Å². The Kier molecular flexibility index (Phi) is 8.28. The van der Waals surface area contributed by atoms with Gasteiger partial charge in [0, 0.05) is 30.9 Å². The normalized spacial score (nSPS) is 21.5. The summed E-state index contributed by atoms with van der Waals surface area (Å²) in [5, 5.41) is 6.31. The van der Waals surface area contributed by atoms with Gasteiger partial charge in [-0.15, -0.1) is 12.4 Å². The summed E-state index contributed by atoms with van der Waals surface area (Å²) in [7, 11) is 1.64. The van der Waals surface area contributed by atoms with E-state index in [9.17, 15) is 9.59 Å². The molecule has 0 spiro atoms. The number of amides is 2. The first kappa shape index (κ1) is 22.7. The molecule has 2 N–H and O–H groups in total. The van der Waals surface area contributed by atoms with Crippen LogP contribution in [0.1, 0.15) is 49.4 Å². The molecule has 0 radical (unpaired) electrons. The lowest BCUT2D eigenvalue weighted by Crippen LogP contribution is -2.47. The van der Waals surface area contributed by atoms with E-state index in [1.807, 2.05) is 29.2 Å². The van der Waals surface area contributed by atoms with Crippen molar-refractivity contribution in [1.29, 1.82) is 0 Å². The Morgan fingerprint density at radius 2 is 1.89 bits per heavy atom. The molecule has 2 aliphatic rings. The third-order valence-corrected chi connectivity index (χ3v) is 5.92. The van der Waals surface area contributed by atoms with Gasteiger partial charge in [-0.25, -0.2) is 0 Å². The number of piperidine rings is 2. The molecule has 1 atom stereocenters. The first-order chi connectivity index (χ1) is 13.1. The van der Waals surface area contributed by atoms with Crippen molar-refractivity contribution in [2.24, 2.45) is 5.41 Å². The van der Waals surface area contributed by atoms with Crippen molar-refractivity contribution in [2.45, 2.75) is 45.1 Å². The Balaban J connectivity index is 0.00000280. The van der Waals surface area contributed by atoms with Crippen LogP contribution in [0.2, 0.25) is 0 Å². The predicted molar refractivity (Wildman–Crippen MR) is 113 cm³/mol. The molecule has 2 fully saturated rings. The minimum Gasteiger partial charge on any atom is -0.384 e. The summed E-state index contributed by atoms with van der Waals surface area (Å²) in [6.07, 6.45) is 4.85. The van der Waals surface area contributed by atoms with Crippen molar-refractivity contribution in [3.63, 3.8) is 0 Å². The Labute approximate surface area is 173 Å². The Bertz CT molecular complexity index is 654. The molecule has 1 unspecified atom stereocenters. The SMILES string of the molecule is COCC1(C(=O)Nc2ccc(C(=O)N3CCCCC3C)cc2)CCNCC1.Cl. The number of nitrogens with one attached hydrogen (secondary N) is 2. The highest BCUT2D eigenvalue weighted by Crippen LogP contribution is 2.31. The Morgan fingerprint density at radius 3 is 2.50 bits per heavy atom. The second-order valence-electron chi connectivity index (χ2n) is 7.84. The lowest BCUT2D eigenvalue weighted by molar-refractivity contribution is -0.130. The highest BCUT2D eigenvalue weighted by atomic mass is 35.5. The topological polar surface area (TPSA) is 70.7 Å². The average Bonchev–Trinajstić information content (AvgIpc) is 2.69. The molecule has 156 valence electrons. The fraction of sp³-hybridized carbons (Fsp3) is 0.619. The second-order valence-corrected chi connectivity index (χ2v) is 7.84. The highest BCUT2D eigenvalue weighted by Gasteiger charge is 2.39. The maximum Gasteiger partial charge on any atom is 0.254 e. The van der Waals surface area contributed by atoms with Crippen LogP contribution in [-0.2, 0) is 9.53 Å². The van der Waals surface area contributed by atoms with Gasteiger partial charge in [-0.3, -0.25) is 9.59 Å². The molecular weight excluding hydrogens is 378 g/mol. The molecule has 2 amide bonds. The number of carbonyl (C=O) groups is 2. The number of methoxy groups -OCH3 is 1. The molecule has 7 heteroatoms. The summed E-state index contributed by atoms with van der Waals surface area (Å²) in [5.74, 6) is 0.0730. The van der Waals surface area contributed by atoms with Gasteiger partial charge < -0.3 is 20.3 Å². The largest absolute Gasteiger partial charge is 0.384 e. The van der Waals surface area contributed by atoms with Gasteiger partial charge in [0.15, 0.2) is 0 Å². The van der Waals surface area contributed by atoms with Gasteiger partial charge in [-0.1, -0.05) is 0 Å². The molecular formula is C21H32ClN3O3. The van der Waals surface area contributed by atoms with E-state index in [1.54, 1.807) is 7.11 Å². The summed E-state index contributed by atoms with van der Waals surface area (Å²) < 4.78 is 5.33. The van der Waals surface area contributed by atoms with Crippen LogP contribution in [0.4, 0.5) is 5.69 Å². The van der Waals surface area contributed by atoms with Crippen LogP contribution < -0.4 is 10.6 Å². The molecule has 3 rings (SSSR count). The fourth-order valence-electron chi connectivity index (χ4n) is 4.14. The van der Waals surface area contributed by atoms with Crippen molar-refractivity contribution in [3.05, 3.63) is 29.8 Å². The zero-order valence-electron chi connectivity index (χ0n) is 16.8. The summed E-state index contributed by atoms with van der Waals surface area (Å²) in [5.41, 5.74) is 0.907. The van der Waals surface area contributed by atoms with Gasteiger partial charge >= 0.3 is 0 Å². The number of ether oxygens (including phenoxy) is 1. The van der Waals surface area contributed by atoms with E-state index in [1.165, 1.54) is 6.42 Å². The van der Waals surface area contributed by atoms with Gasteiger partial charge in [0.05, 0.1) is 12.0 Å². The Hall–Kier alpha value is -1.63. The molecule has 2 saturated heterocycles. The summed E-state index contributed by atoms with van der Waals surface area (Å²) in [6.45, 7) is 4.99. The molecule has 0 saturated carbocycles. The molecule has 0 bridgehead atoms.